The van der Waals surface area contributed by atoms with Gasteiger partial charge in [0.25, 0.3) is 0 Å². The predicted octanol–water partition coefficient (Wildman–Crippen LogP) is 2.74. The summed E-state index contributed by atoms with van der Waals surface area (Å²) in [6.45, 7) is 5.77. The maximum absolute atomic E-state index is 4.60. The molecular formula is C17H22N4. The minimum atomic E-state index is 0.777. The molecule has 0 unspecified atom stereocenters. The fourth-order valence-electron chi connectivity index (χ4n) is 3.46. The number of imidazole rings is 1. The molecule has 2 aromatic rings. The van der Waals surface area contributed by atoms with Crippen LogP contribution < -0.4 is 0 Å². The quantitative estimate of drug-likeness (QED) is 0.864. The molecule has 0 bridgehead atoms. The highest BCUT2D eigenvalue weighted by Crippen LogP contribution is 2.32. The second-order valence-corrected chi connectivity index (χ2v) is 6.47. The van der Waals surface area contributed by atoms with Gasteiger partial charge in [-0.3, -0.25) is 9.88 Å². The second-order valence-electron chi connectivity index (χ2n) is 6.47. The summed E-state index contributed by atoms with van der Waals surface area (Å²) >= 11 is 0. The molecule has 1 saturated carbocycles. The lowest BCUT2D eigenvalue weighted by Gasteiger charge is -2.48. The van der Waals surface area contributed by atoms with E-state index in [1.54, 1.807) is 0 Å². The minimum Gasteiger partial charge on any atom is -0.328 e. The van der Waals surface area contributed by atoms with Crippen LogP contribution >= 0.6 is 0 Å². The Bertz CT molecular complexity index is 609. The third-order valence-electron chi connectivity index (χ3n) is 5.01. The van der Waals surface area contributed by atoms with Crippen LogP contribution in [-0.4, -0.2) is 38.6 Å². The molecule has 1 saturated heterocycles. The van der Waals surface area contributed by atoms with Crippen LogP contribution in [0, 0.1) is 12.8 Å². The Morgan fingerprint density at radius 2 is 1.95 bits per heavy atom. The normalized spacial score (nSPS) is 20.2. The number of nitrogens with zero attached hydrogens (tertiary/aromatic N) is 4. The van der Waals surface area contributed by atoms with Crippen LogP contribution in [0.15, 0.2) is 30.7 Å². The van der Waals surface area contributed by atoms with Crippen LogP contribution in [0.1, 0.15) is 25.0 Å². The van der Waals surface area contributed by atoms with Crippen LogP contribution in [0.3, 0.4) is 0 Å². The van der Waals surface area contributed by atoms with Gasteiger partial charge in [-0.05, 0) is 31.9 Å². The third-order valence-corrected chi connectivity index (χ3v) is 5.01. The standard InChI is InChI=1S/C17H22N4/c1-13-9-19-17(15-5-7-18-8-6-15)21(13)12-14-10-20(11-14)16-3-2-4-16/h5-9,14,16H,2-4,10-12H2,1H3. The Balaban J connectivity index is 1.47. The van der Waals surface area contributed by atoms with Gasteiger partial charge in [0.05, 0.1) is 0 Å². The molecule has 0 spiro atoms. The molecule has 1 aliphatic carbocycles. The third kappa shape index (κ3) is 2.38. The summed E-state index contributed by atoms with van der Waals surface area (Å²) in [4.78, 5) is 11.4. The van der Waals surface area contributed by atoms with E-state index in [1.807, 2.05) is 30.7 Å². The Morgan fingerprint density at radius 1 is 1.19 bits per heavy atom. The average molecular weight is 282 g/mol. The molecule has 0 radical (unpaired) electrons. The van der Waals surface area contributed by atoms with Gasteiger partial charge in [-0.15, -0.1) is 0 Å². The van der Waals surface area contributed by atoms with Crippen LogP contribution in [0.25, 0.3) is 11.4 Å². The second kappa shape index (κ2) is 5.26. The molecule has 2 aliphatic rings. The summed E-state index contributed by atoms with van der Waals surface area (Å²) in [5.41, 5.74) is 2.41. The van der Waals surface area contributed by atoms with Gasteiger partial charge in [0.15, 0.2) is 0 Å². The molecule has 3 heterocycles. The van der Waals surface area contributed by atoms with Crippen molar-refractivity contribution in [1.29, 1.82) is 0 Å². The van der Waals surface area contributed by atoms with Crippen molar-refractivity contribution >= 4 is 0 Å². The lowest BCUT2D eigenvalue weighted by atomic mass is 9.86. The molecule has 2 aromatic heterocycles. The van der Waals surface area contributed by atoms with Crippen LogP contribution in [-0.2, 0) is 6.54 Å². The van der Waals surface area contributed by atoms with Gasteiger partial charge in [-0.1, -0.05) is 6.42 Å². The van der Waals surface area contributed by atoms with Crippen LogP contribution in [0.5, 0.6) is 0 Å². The van der Waals surface area contributed by atoms with E-state index in [0.29, 0.717) is 0 Å². The Labute approximate surface area is 125 Å². The van der Waals surface area contributed by atoms with Crippen LogP contribution in [0.4, 0.5) is 0 Å². The summed E-state index contributed by atoms with van der Waals surface area (Å²) in [6, 6.07) is 4.98. The van der Waals surface area contributed by atoms with E-state index in [0.717, 1.165) is 29.9 Å². The maximum atomic E-state index is 4.60. The molecule has 4 nitrogen and oxygen atoms in total. The topological polar surface area (TPSA) is 34.0 Å². The van der Waals surface area contributed by atoms with E-state index < -0.39 is 0 Å². The number of rotatable bonds is 4. The number of likely N-dealkylation sites (tertiary alicyclic amines) is 1. The van der Waals surface area contributed by atoms with Crippen molar-refractivity contribution in [2.45, 2.75) is 38.8 Å². The Hall–Kier alpha value is -1.68. The summed E-state index contributed by atoms with van der Waals surface area (Å²) in [6.07, 6.45) is 9.92. The van der Waals surface area contributed by atoms with Crippen molar-refractivity contribution in [2.75, 3.05) is 13.1 Å². The minimum absolute atomic E-state index is 0.777. The number of aryl methyl sites for hydroxylation is 1. The molecule has 0 N–H and O–H groups in total. The van der Waals surface area contributed by atoms with E-state index in [-0.39, 0.29) is 0 Å². The van der Waals surface area contributed by atoms with E-state index in [9.17, 15) is 0 Å². The molecule has 4 rings (SSSR count). The number of hydrogen-bond donors (Lipinski definition) is 0. The first-order valence-corrected chi connectivity index (χ1v) is 7.98. The smallest absolute Gasteiger partial charge is 0.140 e. The highest BCUT2D eigenvalue weighted by atomic mass is 15.2. The van der Waals surface area contributed by atoms with Crippen molar-refractivity contribution in [1.82, 2.24) is 19.4 Å². The molecule has 0 atom stereocenters. The van der Waals surface area contributed by atoms with Crippen LogP contribution in [0.2, 0.25) is 0 Å². The highest BCUT2D eigenvalue weighted by Gasteiger charge is 2.35. The first-order chi connectivity index (χ1) is 10.3. The fraction of sp³-hybridized carbons (Fsp3) is 0.529. The van der Waals surface area contributed by atoms with Crippen molar-refractivity contribution < 1.29 is 0 Å². The lowest BCUT2D eigenvalue weighted by Crippen LogP contribution is -2.55. The lowest BCUT2D eigenvalue weighted by molar-refractivity contribution is 0.00994. The molecular weight excluding hydrogens is 260 g/mol. The van der Waals surface area contributed by atoms with E-state index in [4.69, 9.17) is 0 Å². The zero-order chi connectivity index (χ0) is 14.2. The highest BCUT2D eigenvalue weighted by molar-refractivity contribution is 5.55. The van der Waals surface area contributed by atoms with Crippen molar-refractivity contribution in [3.63, 3.8) is 0 Å². The Morgan fingerprint density at radius 3 is 2.62 bits per heavy atom. The summed E-state index contributed by atoms with van der Waals surface area (Å²) in [7, 11) is 0. The van der Waals surface area contributed by atoms with Gasteiger partial charge in [0, 0.05) is 61.4 Å². The molecule has 1 aliphatic heterocycles. The zero-order valence-electron chi connectivity index (χ0n) is 12.6. The summed E-state index contributed by atoms with van der Waals surface area (Å²) in [5.74, 6) is 1.86. The molecule has 21 heavy (non-hydrogen) atoms. The zero-order valence-corrected chi connectivity index (χ0v) is 12.6. The maximum Gasteiger partial charge on any atom is 0.140 e. The van der Waals surface area contributed by atoms with Gasteiger partial charge < -0.3 is 4.57 Å². The SMILES string of the molecule is Cc1cnc(-c2ccncc2)n1CC1CN(C2CCC2)C1. The summed E-state index contributed by atoms with van der Waals surface area (Å²) in [5, 5.41) is 0. The summed E-state index contributed by atoms with van der Waals surface area (Å²) < 4.78 is 2.37. The molecule has 0 aromatic carbocycles. The van der Waals surface area contributed by atoms with E-state index in [1.165, 1.54) is 38.0 Å². The molecule has 110 valence electrons. The van der Waals surface area contributed by atoms with Gasteiger partial charge in [0.2, 0.25) is 0 Å². The van der Waals surface area contributed by atoms with E-state index in [2.05, 4.69) is 26.4 Å². The van der Waals surface area contributed by atoms with Gasteiger partial charge in [-0.2, -0.15) is 0 Å². The van der Waals surface area contributed by atoms with Gasteiger partial charge in [0.1, 0.15) is 5.82 Å². The molecule has 2 fully saturated rings. The van der Waals surface area contributed by atoms with E-state index >= 15 is 0 Å². The molecule has 4 heteroatoms. The van der Waals surface area contributed by atoms with Crippen molar-refractivity contribution in [3.8, 4) is 11.4 Å². The molecule has 0 amide bonds. The van der Waals surface area contributed by atoms with Gasteiger partial charge in [-0.25, -0.2) is 4.98 Å². The van der Waals surface area contributed by atoms with Crippen molar-refractivity contribution in [2.24, 2.45) is 5.92 Å². The van der Waals surface area contributed by atoms with Crippen molar-refractivity contribution in [3.05, 3.63) is 36.4 Å². The Kier molecular flexibility index (Phi) is 3.26. The predicted molar refractivity (Wildman–Crippen MR) is 82.9 cm³/mol. The number of aromatic nitrogens is 3. The van der Waals surface area contributed by atoms with Gasteiger partial charge >= 0.3 is 0 Å². The first kappa shape index (κ1) is 13.0. The largest absolute Gasteiger partial charge is 0.328 e. The monoisotopic (exact) mass is 282 g/mol. The number of hydrogen-bond acceptors (Lipinski definition) is 3. The number of pyridine rings is 1. The first-order valence-electron chi connectivity index (χ1n) is 7.98. The fourth-order valence-corrected chi connectivity index (χ4v) is 3.46. The average Bonchev–Trinajstić information content (AvgIpc) is 2.77.